The first-order chi connectivity index (χ1) is 8.83. The molecule has 0 radical (unpaired) electrons. The summed E-state index contributed by atoms with van der Waals surface area (Å²) < 4.78 is 5.49. The Morgan fingerprint density at radius 3 is 2.83 bits per heavy atom. The Balaban J connectivity index is 1.88. The van der Waals surface area contributed by atoms with E-state index in [4.69, 9.17) is 10.5 Å². The van der Waals surface area contributed by atoms with Crippen LogP contribution in [0, 0.1) is 5.92 Å². The van der Waals surface area contributed by atoms with Gasteiger partial charge < -0.3 is 10.5 Å². The topological polar surface area (TPSA) is 38.5 Å². The van der Waals surface area contributed by atoms with Crippen LogP contribution in [-0.4, -0.2) is 31.1 Å². The minimum absolute atomic E-state index is 0.316. The maximum absolute atomic E-state index is 6.04. The van der Waals surface area contributed by atoms with Gasteiger partial charge in [-0.1, -0.05) is 18.2 Å². The molecule has 1 saturated heterocycles. The molecule has 1 aliphatic carbocycles. The first kappa shape index (κ1) is 12.0. The van der Waals surface area contributed by atoms with Gasteiger partial charge in [0, 0.05) is 24.7 Å². The van der Waals surface area contributed by atoms with E-state index in [0.29, 0.717) is 12.6 Å². The maximum atomic E-state index is 6.04. The Labute approximate surface area is 109 Å². The number of hydrogen-bond donors (Lipinski definition) is 1. The highest BCUT2D eigenvalue weighted by Crippen LogP contribution is 2.43. The summed E-state index contributed by atoms with van der Waals surface area (Å²) >= 11 is 0. The number of nitrogens with two attached hydrogens (primary N) is 1. The summed E-state index contributed by atoms with van der Waals surface area (Å²) in [4.78, 5) is 2.60. The number of nitrogens with zero attached hydrogens (tertiary/aromatic N) is 1. The number of methoxy groups -OCH3 is 1. The van der Waals surface area contributed by atoms with Crippen LogP contribution >= 0.6 is 0 Å². The van der Waals surface area contributed by atoms with Crippen molar-refractivity contribution >= 4 is 0 Å². The van der Waals surface area contributed by atoms with Crippen molar-refractivity contribution in [1.29, 1.82) is 0 Å². The Morgan fingerprint density at radius 2 is 2.22 bits per heavy atom. The number of rotatable bonds is 4. The molecule has 3 rings (SSSR count). The fourth-order valence-electron chi connectivity index (χ4n) is 3.73. The lowest BCUT2D eigenvalue weighted by molar-refractivity contribution is 0.150. The summed E-state index contributed by atoms with van der Waals surface area (Å²) in [7, 11) is 1.74. The normalized spacial score (nSPS) is 28.6. The lowest BCUT2D eigenvalue weighted by Gasteiger charge is -2.35. The van der Waals surface area contributed by atoms with E-state index < -0.39 is 0 Å². The highest BCUT2D eigenvalue weighted by Gasteiger charge is 2.41. The van der Waals surface area contributed by atoms with E-state index in [1.807, 2.05) is 12.1 Å². The monoisotopic (exact) mass is 246 g/mol. The van der Waals surface area contributed by atoms with Gasteiger partial charge in [-0.15, -0.1) is 0 Å². The third-order valence-corrected chi connectivity index (χ3v) is 4.57. The van der Waals surface area contributed by atoms with Gasteiger partial charge in [0.05, 0.1) is 13.2 Å². The van der Waals surface area contributed by atoms with Crippen LogP contribution in [0.5, 0.6) is 5.75 Å². The molecule has 2 bridgehead atoms. The molecule has 3 heteroatoms. The van der Waals surface area contributed by atoms with Gasteiger partial charge in [-0.05, 0) is 31.2 Å². The van der Waals surface area contributed by atoms with Gasteiger partial charge in [-0.3, -0.25) is 4.90 Å². The van der Waals surface area contributed by atoms with Gasteiger partial charge in [-0.25, -0.2) is 0 Å². The van der Waals surface area contributed by atoms with Crippen molar-refractivity contribution in [3.05, 3.63) is 29.8 Å². The van der Waals surface area contributed by atoms with Crippen LogP contribution < -0.4 is 10.5 Å². The van der Waals surface area contributed by atoms with Crippen molar-refractivity contribution in [2.45, 2.75) is 31.3 Å². The van der Waals surface area contributed by atoms with E-state index in [1.165, 1.54) is 31.4 Å². The lowest BCUT2D eigenvalue weighted by Crippen LogP contribution is -2.39. The van der Waals surface area contributed by atoms with Crippen LogP contribution in [-0.2, 0) is 0 Å². The minimum atomic E-state index is 0.316. The summed E-state index contributed by atoms with van der Waals surface area (Å²) in [5.41, 5.74) is 7.29. The molecule has 1 heterocycles. The Hall–Kier alpha value is -1.06. The van der Waals surface area contributed by atoms with Crippen LogP contribution in [0.2, 0.25) is 0 Å². The van der Waals surface area contributed by atoms with Crippen molar-refractivity contribution in [2.75, 3.05) is 20.2 Å². The highest BCUT2D eigenvalue weighted by molar-refractivity contribution is 5.36. The summed E-state index contributed by atoms with van der Waals surface area (Å²) in [6.45, 7) is 1.88. The number of para-hydroxylation sites is 1. The number of hydrogen-bond acceptors (Lipinski definition) is 3. The van der Waals surface area contributed by atoms with Crippen LogP contribution in [0.25, 0.3) is 0 Å². The molecule has 3 unspecified atom stereocenters. The van der Waals surface area contributed by atoms with Crippen molar-refractivity contribution in [1.82, 2.24) is 4.90 Å². The number of likely N-dealkylation sites (tertiary alicyclic amines) is 1. The van der Waals surface area contributed by atoms with Gasteiger partial charge in [0.15, 0.2) is 0 Å². The summed E-state index contributed by atoms with van der Waals surface area (Å²) in [6, 6.07) is 9.35. The molecule has 18 heavy (non-hydrogen) atoms. The Bertz CT molecular complexity index is 421. The molecule has 3 nitrogen and oxygen atoms in total. The van der Waals surface area contributed by atoms with E-state index in [-0.39, 0.29) is 0 Å². The van der Waals surface area contributed by atoms with Gasteiger partial charge in [0.2, 0.25) is 0 Å². The van der Waals surface area contributed by atoms with Crippen LogP contribution in [0.1, 0.15) is 30.9 Å². The highest BCUT2D eigenvalue weighted by atomic mass is 16.5. The molecule has 3 atom stereocenters. The number of piperidine rings is 1. The van der Waals surface area contributed by atoms with Crippen LogP contribution in [0.3, 0.4) is 0 Å². The van der Waals surface area contributed by atoms with Crippen LogP contribution in [0.4, 0.5) is 0 Å². The van der Waals surface area contributed by atoms with Crippen molar-refractivity contribution in [2.24, 2.45) is 11.7 Å². The molecule has 0 aromatic heterocycles. The molecule has 2 fully saturated rings. The second-order valence-electron chi connectivity index (χ2n) is 5.52. The predicted molar refractivity (Wildman–Crippen MR) is 72.6 cm³/mol. The molecule has 1 aromatic rings. The molecule has 98 valence electrons. The molecular formula is C15H22N2O. The van der Waals surface area contributed by atoms with E-state index in [9.17, 15) is 0 Å². The first-order valence-corrected chi connectivity index (χ1v) is 6.92. The molecule has 2 N–H and O–H groups in total. The Morgan fingerprint density at radius 1 is 1.39 bits per heavy atom. The zero-order valence-corrected chi connectivity index (χ0v) is 11.0. The first-order valence-electron chi connectivity index (χ1n) is 6.92. The SMILES string of the molecule is COc1ccccc1C(CN)N1CC2CCC1C2. The molecule has 0 spiro atoms. The second-order valence-corrected chi connectivity index (χ2v) is 5.52. The van der Waals surface area contributed by atoms with Crippen LogP contribution in [0.15, 0.2) is 24.3 Å². The zero-order chi connectivity index (χ0) is 12.5. The zero-order valence-electron chi connectivity index (χ0n) is 11.0. The molecule has 1 aliphatic heterocycles. The smallest absolute Gasteiger partial charge is 0.123 e. The van der Waals surface area contributed by atoms with E-state index >= 15 is 0 Å². The van der Waals surface area contributed by atoms with E-state index in [1.54, 1.807) is 7.11 Å². The molecule has 1 saturated carbocycles. The average molecular weight is 246 g/mol. The largest absolute Gasteiger partial charge is 0.496 e. The molecular weight excluding hydrogens is 224 g/mol. The standard InChI is InChI=1S/C15H22N2O/c1-18-15-5-3-2-4-13(15)14(9-16)17-10-11-6-7-12(17)8-11/h2-5,11-12,14H,6-10,16H2,1H3. The maximum Gasteiger partial charge on any atom is 0.123 e. The fourth-order valence-corrected chi connectivity index (χ4v) is 3.73. The van der Waals surface area contributed by atoms with Gasteiger partial charge in [-0.2, -0.15) is 0 Å². The van der Waals surface area contributed by atoms with E-state index in [0.717, 1.165) is 17.7 Å². The van der Waals surface area contributed by atoms with Crippen molar-refractivity contribution in [3.8, 4) is 5.75 Å². The summed E-state index contributed by atoms with van der Waals surface area (Å²) in [6.07, 6.45) is 4.12. The molecule has 0 amide bonds. The third kappa shape index (κ3) is 1.91. The quantitative estimate of drug-likeness (QED) is 0.885. The van der Waals surface area contributed by atoms with Crippen molar-refractivity contribution in [3.63, 3.8) is 0 Å². The van der Waals surface area contributed by atoms with Gasteiger partial charge in [0.1, 0.15) is 5.75 Å². The fraction of sp³-hybridized carbons (Fsp3) is 0.600. The number of ether oxygens (including phenoxy) is 1. The Kier molecular flexibility index (Phi) is 3.27. The second kappa shape index (κ2) is 4.90. The lowest BCUT2D eigenvalue weighted by atomic mass is 10.0. The summed E-state index contributed by atoms with van der Waals surface area (Å²) in [5.74, 6) is 1.87. The van der Waals surface area contributed by atoms with Crippen molar-refractivity contribution < 1.29 is 4.74 Å². The predicted octanol–water partition coefficient (Wildman–Crippen LogP) is 2.18. The van der Waals surface area contributed by atoms with E-state index in [2.05, 4.69) is 17.0 Å². The van der Waals surface area contributed by atoms with Gasteiger partial charge >= 0.3 is 0 Å². The molecule has 2 aliphatic rings. The molecule has 1 aromatic carbocycles. The summed E-state index contributed by atoms with van der Waals surface area (Å²) in [5, 5.41) is 0. The number of fused-ring (bicyclic) bond motifs is 2. The average Bonchev–Trinajstić information content (AvgIpc) is 3.03. The third-order valence-electron chi connectivity index (χ3n) is 4.57. The number of benzene rings is 1. The van der Waals surface area contributed by atoms with Gasteiger partial charge in [0.25, 0.3) is 0 Å². The minimum Gasteiger partial charge on any atom is -0.496 e.